The van der Waals surface area contributed by atoms with Gasteiger partial charge in [0.25, 0.3) is 5.56 Å². The number of nitrogens with zero attached hydrogens (tertiary/aromatic N) is 2. The van der Waals surface area contributed by atoms with Gasteiger partial charge in [0.15, 0.2) is 0 Å². The Hall–Kier alpha value is -2.57. The number of ether oxygens (including phenoxy) is 1. The number of fused-ring (bicyclic) bond motifs is 1. The molecule has 10 nitrogen and oxygen atoms in total. The number of H-pyrrole nitrogens is 1. The van der Waals surface area contributed by atoms with Crippen molar-refractivity contribution in [3.05, 3.63) is 51.1 Å². The fourth-order valence-corrected chi connectivity index (χ4v) is 7.24. The van der Waals surface area contributed by atoms with Crippen molar-refractivity contribution in [2.75, 3.05) is 26.3 Å². The lowest BCUT2D eigenvalue weighted by atomic mass is 9.95. The molecule has 2 N–H and O–H groups in total. The van der Waals surface area contributed by atoms with Crippen LogP contribution in [0, 0.1) is 17.0 Å². The van der Waals surface area contributed by atoms with Gasteiger partial charge in [-0.1, -0.05) is 33.3 Å². The Balaban J connectivity index is 1.71. The second kappa shape index (κ2) is 14.6. The van der Waals surface area contributed by atoms with Crippen molar-refractivity contribution in [1.82, 2.24) is 19.9 Å². The lowest BCUT2D eigenvalue weighted by Gasteiger charge is -2.31. The lowest BCUT2D eigenvalue weighted by Crippen LogP contribution is -2.38. The molecule has 1 unspecified atom stereocenters. The van der Waals surface area contributed by atoms with E-state index in [-0.39, 0.29) is 10.5 Å². The molecule has 2 aliphatic rings. The van der Waals surface area contributed by atoms with Gasteiger partial charge in [0, 0.05) is 18.7 Å². The van der Waals surface area contributed by atoms with E-state index in [1.54, 1.807) is 18.2 Å². The fourth-order valence-electron chi connectivity index (χ4n) is 5.74. The number of aromatic amines is 1. The van der Waals surface area contributed by atoms with Gasteiger partial charge in [-0.15, -0.1) is 0 Å². The molecule has 1 fully saturated rings. The molecule has 2 aromatic rings. The molecule has 1 atom stereocenters. The number of nitrogens with one attached hydrogen (secondary N) is 2. The largest absolute Gasteiger partial charge is 0.765 e. The minimum atomic E-state index is -3.79. The van der Waals surface area contributed by atoms with Crippen molar-refractivity contribution >= 4 is 15.6 Å². The van der Waals surface area contributed by atoms with E-state index in [9.17, 15) is 18.4 Å². The number of hydrogen-bond donors (Lipinski definition) is 2. The lowest BCUT2D eigenvalue weighted by molar-refractivity contribution is 0.0561. The summed E-state index contributed by atoms with van der Waals surface area (Å²) in [5.41, 5.74) is 4.21. The monoisotopic (exact) mass is 587 g/mol. The number of hydrogen-bond acceptors (Lipinski definition) is 8. The maximum Gasteiger partial charge on any atom is 0.254 e. The van der Waals surface area contributed by atoms with Crippen LogP contribution in [-0.4, -0.2) is 49.0 Å². The topological polar surface area (TPSA) is 137 Å². The molecule has 11 heteroatoms. The normalized spacial score (nSPS) is 18.5. The quantitative estimate of drug-likeness (QED) is 0.241. The Morgan fingerprint density at radius 3 is 2.59 bits per heavy atom. The average Bonchev–Trinajstić information content (AvgIpc) is 3.16. The molecule has 0 bridgehead atoms. The Morgan fingerprint density at radius 1 is 1.12 bits per heavy atom. The van der Waals surface area contributed by atoms with Gasteiger partial charge < -0.3 is 19.8 Å². The molecule has 0 saturated carbocycles. The molecule has 1 aromatic heterocycles. The van der Waals surface area contributed by atoms with Crippen molar-refractivity contribution in [3.63, 3.8) is 0 Å². The molecule has 226 valence electrons. The Morgan fingerprint density at radius 2 is 1.90 bits per heavy atom. The minimum Gasteiger partial charge on any atom is -0.765 e. The molecule has 4 rings (SSSR count). The molecule has 1 saturated heterocycles. The van der Waals surface area contributed by atoms with E-state index in [1.807, 2.05) is 6.92 Å². The predicted octanol–water partition coefficient (Wildman–Crippen LogP) is 5.19. The highest BCUT2D eigenvalue weighted by molar-refractivity contribution is 7.89. The maximum atomic E-state index is 13.7. The summed E-state index contributed by atoms with van der Waals surface area (Å²) in [6.07, 6.45) is 9.45. The Kier molecular flexibility index (Phi) is 11.1. The molecule has 0 spiro atoms. The number of aromatic nitrogens is 2. The third kappa shape index (κ3) is 7.45. The van der Waals surface area contributed by atoms with Crippen molar-refractivity contribution in [2.45, 2.75) is 83.5 Å². The van der Waals surface area contributed by atoms with Crippen molar-refractivity contribution < 1.29 is 18.0 Å². The molecule has 1 aliphatic carbocycles. The highest BCUT2D eigenvalue weighted by Gasteiger charge is 2.31. The van der Waals surface area contributed by atoms with Gasteiger partial charge in [-0.2, -0.15) is 4.31 Å². The van der Waals surface area contributed by atoms with Crippen LogP contribution in [0.15, 0.2) is 34.0 Å². The molecule has 2 heterocycles. The summed E-state index contributed by atoms with van der Waals surface area (Å²) in [5, 5.41) is 10.3. The maximum absolute atomic E-state index is 13.7. The average molecular weight is 588 g/mol. The van der Waals surface area contributed by atoms with Crippen LogP contribution in [0.4, 0.5) is 0 Å². The molecule has 1 aromatic carbocycles. The summed E-state index contributed by atoms with van der Waals surface area (Å²) in [5.74, 6) is 1.49. The highest BCUT2D eigenvalue weighted by Crippen LogP contribution is 2.35. The molecule has 0 radical (unpaired) electrons. The van der Waals surface area contributed by atoms with E-state index < -0.39 is 10.0 Å². The zero-order chi connectivity index (χ0) is 29.4. The van der Waals surface area contributed by atoms with Crippen LogP contribution in [-0.2, 0) is 21.3 Å². The molecule has 0 amide bonds. The van der Waals surface area contributed by atoms with Gasteiger partial charge >= 0.3 is 0 Å². The van der Waals surface area contributed by atoms with Gasteiger partial charge in [0.1, 0.15) is 11.6 Å². The van der Waals surface area contributed by atoms with Crippen LogP contribution in [0.3, 0.4) is 0 Å². The molecular weight excluding hydrogens is 544 g/mol. The predicted molar refractivity (Wildman–Crippen MR) is 160 cm³/mol. The molecule has 41 heavy (non-hydrogen) atoms. The number of sulfonamides is 1. The smallest absolute Gasteiger partial charge is 0.254 e. The van der Waals surface area contributed by atoms with Crippen LogP contribution in [0.1, 0.15) is 83.4 Å². The van der Waals surface area contributed by atoms with Crippen LogP contribution in [0.5, 0.6) is 5.75 Å². The summed E-state index contributed by atoms with van der Waals surface area (Å²) in [6.45, 7) is 7.80. The van der Waals surface area contributed by atoms with E-state index in [0.29, 0.717) is 86.5 Å². The SMILES string of the molecule is CCCOc1ccc(S(=O)(=O)N2CCC(CCON[O-])CC2)cc1-c1nc2c(c(=O)[nH]1)CCC(CC)C=C2CCC. The first-order chi connectivity index (χ1) is 19.8. The van der Waals surface area contributed by atoms with Gasteiger partial charge in [-0.05, 0) is 87.0 Å². The number of allylic oxidation sites excluding steroid dienone is 2. The van der Waals surface area contributed by atoms with Crippen LogP contribution in [0.2, 0.25) is 0 Å². The molecule has 1 aliphatic heterocycles. The zero-order valence-electron chi connectivity index (χ0n) is 24.4. The van der Waals surface area contributed by atoms with E-state index >= 15 is 0 Å². The van der Waals surface area contributed by atoms with Gasteiger partial charge in [0.2, 0.25) is 10.0 Å². The van der Waals surface area contributed by atoms with Gasteiger partial charge in [0.05, 0.1) is 29.4 Å². The highest BCUT2D eigenvalue weighted by atomic mass is 32.2. The second-order valence-electron chi connectivity index (χ2n) is 11.0. The van der Waals surface area contributed by atoms with E-state index in [4.69, 9.17) is 14.6 Å². The first kappa shape index (κ1) is 31.4. The third-order valence-electron chi connectivity index (χ3n) is 8.13. The third-order valence-corrected chi connectivity index (χ3v) is 10.0. The van der Waals surface area contributed by atoms with Crippen molar-refractivity contribution in [1.29, 1.82) is 0 Å². The summed E-state index contributed by atoms with van der Waals surface area (Å²) in [4.78, 5) is 26.2. The van der Waals surface area contributed by atoms with Crippen molar-refractivity contribution in [2.24, 2.45) is 11.8 Å². The summed E-state index contributed by atoms with van der Waals surface area (Å²) >= 11 is 0. The Bertz CT molecular complexity index is 1370. The number of benzene rings is 1. The van der Waals surface area contributed by atoms with Crippen LogP contribution < -0.4 is 15.9 Å². The first-order valence-corrected chi connectivity index (χ1v) is 16.4. The second-order valence-corrected chi connectivity index (χ2v) is 12.9. The van der Waals surface area contributed by atoms with E-state index in [0.717, 1.165) is 43.4 Å². The zero-order valence-corrected chi connectivity index (χ0v) is 25.2. The fraction of sp³-hybridized carbons (Fsp3) is 0.600. The number of piperidine rings is 1. The van der Waals surface area contributed by atoms with Crippen LogP contribution in [0.25, 0.3) is 17.0 Å². The van der Waals surface area contributed by atoms with Gasteiger partial charge in [-0.3, -0.25) is 10.4 Å². The van der Waals surface area contributed by atoms with E-state index in [2.05, 4.69) is 24.9 Å². The summed E-state index contributed by atoms with van der Waals surface area (Å²) in [6, 6.07) is 4.82. The molecular formula is C30H43N4O6S-. The summed E-state index contributed by atoms with van der Waals surface area (Å²) < 4.78 is 35.0. The minimum absolute atomic E-state index is 0.140. The Labute approximate surface area is 243 Å². The van der Waals surface area contributed by atoms with Crippen LogP contribution >= 0.6 is 0 Å². The standard InChI is InChI=1S/C30H43N4O6S/c1-4-7-23-19-21(6-3)8-10-25-28(23)31-29(32-30(25)35)26-20-24(9-11-27(26)39-17-5-2)41(37,38)34-15-12-22(13-16-34)14-18-40-33-36/h9,11,19-22,33H,4-8,10,12-18H2,1-3H3,(H,31,32,35)/q-1. The first-order valence-electron chi connectivity index (χ1n) is 14.9. The van der Waals surface area contributed by atoms with Gasteiger partial charge in [-0.25, -0.2) is 13.4 Å². The summed E-state index contributed by atoms with van der Waals surface area (Å²) in [7, 11) is -3.79. The van der Waals surface area contributed by atoms with Crippen molar-refractivity contribution in [3.8, 4) is 17.1 Å². The number of rotatable bonds is 13. The van der Waals surface area contributed by atoms with E-state index in [1.165, 1.54) is 9.95 Å².